The lowest BCUT2D eigenvalue weighted by Crippen LogP contribution is -2.16. The lowest BCUT2D eigenvalue weighted by atomic mass is 10.3. The highest BCUT2D eigenvalue weighted by molar-refractivity contribution is 9.10. The molecule has 0 saturated carbocycles. The molecule has 0 fully saturated rings. The third-order valence-corrected chi connectivity index (χ3v) is 5.94. The number of rotatable bonds is 5. The van der Waals surface area contributed by atoms with Crippen LogP contribution in [0.2, 0.25) is 0 Å². The zero-order valence-corrected chi connectivity index (χ0v) is 17.2. The Kier molecular flexibility index (Phi) is 5.16. The van der Waals surface area contributed by atoms with E-state index < -0.39 is 15.8 Å². The summed E-state index contributed by atoms with van der Waals surface area (Å²) in [5.74, 6) is -0.437. The SMILES string of the molecule is O=S(=O)(Nc1nc2ccccc2nc1Nc1ccccc1F)c1ccc(Br)cc1. The van der Waals surface area contributed by atoms with Crippen molar-refractivity contribution in [3.8, 4) is 0 Å². The lowest BCUT2D eigenvalue weighted by molar-refractivity contribution is 0.601. The second kappa shape index (κ2) is 7.76. The molecule has 0 aliphatic carbocycles. The van der Waals surface area contributed by atoms with Crippen LogP contribution in [0.15, 0.2) is 82.2 Å². The number of anilines is 3. The van der Waals surface area contributed by atoms with E-state index in [1.54, 1.807) is 48.5 Å². The summed E-state index contributed by atoms with van der Waals surface area (Å²) in [6.07, 6.45) is 0. The number of aromatic nitrogens is 2. The Morgan fingerprint density at radius 2 is 1.38 bits per heavy atom. The van der Waals surface area contributed by atoms with Crippen molar-refractivity contribution in [3.05, 3.63) is 83.1 Å². The quantitative estimate of drug-likeness (QED) is 0.423. The summed E-state index contributed by atoms with van der Waals surface area (Å²) < 4.78 is 43.0. The molecule has 1 aromatic heterocycles. The van der Waals surface area contributed by atoms with Crippen molar-refractivity contribution in [2.75, 3.05) is 10.0 Å². The molecule has 0 aliphatic heterocycles. The summed E-state index contributed by atoms with van der Waals surface area (Å²) in [5, 5.41) is 2.83. The predicted octanol–water partition coefficient (Wildman–Crippen LogP) is 5.08. The molecular weight excluding hydrogens is 459 g/mol. The van der Waals surface area contributed by atoms with Gasteiger partial charge in [-0.25, -0.2) is 22.8 Å². The molecule has 3 aromatic carbocycles. The molecule has 0 radical (unpaired) electrons. The first kappa shape index (κ1) is 19.3. The summed E-state index contributed by atoms with van der Waals surface area (Å²) >= 11 is 3.28. The minimum Gasteiger partial charge on any atom is -0.335 e. The number of halogens is 2. The van der Waals surface area contributed by atoms with Crippen molar-refractivity contribution < 1.29 is 12.8 Å². The van der Waals surface area contributed by atoms with E-state index in [0.29, 0.717) is 11.0 Å². The van der Waals surface area contributed by atoms with Gasteiger partial charge < -0.3 is 5.32 Å². The Bertz CT molecular complexity index is 1300. The number of hydrogen-bond donors (Lipinski definition) is 2. The standard InChI is InChI=1S/C20H14BrFN4O2S/c21-13-9-11-14(12-10-13)29(27,28)26-20-19(23-16-6-2-1-5-15(16)22)24-17-7-3-4-8-18(17)25-20/h1-12H,(H,23,24)(H,25,26). The summed E-state index contributed by atoms with van der Waals surface area (Å²) in [4.78, 5) is 8.87. The molecule has 1 heterocycles. The van der Waals surface area contributed by atoms with Crippen molar-refractivity contribution in [2.24, 2.45) is 0 Å². The highest BCUT2D eigenvalue weighted by atomic mass is 79.9. The number of nitrogens with zero attached hydrogens (tertiary/aromatic N) is 2. The van der Waals surface area contributed by atoms with Gasteiger partial charge in [0, 0.05) is 4.47 Å². The zero-order chi connectivity index (χ0) is 20.4. The number of fused-ring (bicyclic) bond motifs is 1. The van der Waals surface area contributed by atoms with Gasteiger partial charge in [0.2, 0.25) is 0 Å². The van der Waals surface area contributed by atoms with Crippen LogP contribution in [0.5, 0.6) is 0 Å². The highest BCUT2D eigenvalue weighted by Gasteiger charge is 2.19. The number of benzene rings is 3. The third kappa shape index (κ3) is 4.20. The van der Waals surface area contributed by atoms with E-state index in [9.17, 15) is 12.8 Å². The highest BCUT2D eigenvalue weighted by Crippen LogP contribution is 2.28. The summed E-state index contributed by atoms with van der Waals surface area (Å²) in [6, 6.07) is 19.2. The van der Waals surface area contributed by atoms with Crippen molar-refractivity contribution in [3.63, 3.8) is 0 Å². The van der Waals surface area contributed by atoms with Crippen molar-refractivity contribution in [2.45, 2.75) is 4.90 Å². The Hall–Kier alpha value is -3.04. The van der Waals surface area contributed by atoms with E-state index in [2.05, 4.69) is 35.9 Å². The van der Waals surface area contributed by atoms with Crippen LogP contribution in [0, 0.1) is 5.82 Å². The summed E-state index contributed by atoms with van der Waals surface area (Å²) in [5.41, 5.74) is 1.19. The van der Waals surface area contributed by atoms with E-state index in [1.807, 2.05) is 0 Å². The van der Waals surface area contributed by atoms with Gasteiger partial charge in [-0.3, -0.25) is 4.72 Å². The van der Waals surface area contributed by atoms with E-state index in [1.165, 1.54) is 24.3 Å². The number of hydrogen-bond acceptors (Lipinski definition) is 5. The zero-order valence-electron chi connectivity index (χ0n) is 14.8. The maximum atomic E-state index is 14.1. The number of nitrogens with one attached hydrogen (secondary N) is 2. The maximum Gasteiger partial charge on any atom is 0.263 e. The van der Waals surface area contributed by atoms with Crippen LogP contribution >= 0.6 is 15.9 Å². The first-order valence-electron chi connectivity index (χ1n) is 8.49. The van der Waals surface area contributed by atoms with Crippen molar-refractivity contribution >= 4 is 54.3 Å². The molecule has 0 bridgehead atoms. The van der Waals surface area contributed by atoms with Gasteiger partial charge in [0.05, 0.1) is 21.6 Å². The van der Waals surface area contributed by atoms with Crippen molar-refractivity contribution in [1.82, 2.24) is 9.97 Å². The Morgan fingerprint density at radius 3 is 2.03 bits per heavy atom. The van der Waals surface area contributed by atoms with Gasteiger partial charge in [-0.1, -0.05) is 40.2 Å². The van der Waals surface area contributed by atoms with Gasteiger partial charge in [-0.05, 0) is 48.5 Å². The van der Waals surface area contributed by atoms with Crippen LogP contribution in [0.25, 0.3) is 11.0 Å². The predicted molar refractivity (Wildman–Crippen MR) is 114 cm³/mol. The Labute approximate surface area is 175 Å². The summed E-state index contributed by atoms with van der Waals surface area (Å²) in [6.45, 7) is 0. The van der Waals surface area contributed by atoms with Gasteiger partial charge in [0.15, 0.2) is 11.6 Å². The first-order chi connectivity index (χ1) is 13.9. The van der Waals surface area contributed by atoms with Crippen LogP contribution in [-0.2, 0) is 10.0 Å². The third-order valence-electron chi connectivity index (χ3n) is 4.05. The van der Waals surface area contributed by atoms with E-state index in [-0.39, 0.29) is 22.2 Å². The first-order valence-corrected chi connectivity index (χ1v) is 10.8. The van der Waals surface area contributed by atoms with Gasteiger partial charge in [-0.15, -0.1) is 0 Å². The fourth-order valence-corrected chi connectivity index (χ4v) is 3.92. The molecule has 2 N–H and O–H groups in total. The van der Waals surface area contributed by atoms with Gasteiger partial charge >= 0.3 is 0 Å². The molecular formula is C20H14BrFN4O2S. The second-order valence-electron chi connectivity index (χ2n) is 6.07. The fraction of sp³-hybridized carbons (Fsp3) is 0. The fourth-order valence-electron chi connectivity index (χ4n) is 2.65. The maximum absolute atomic E-state index is 14.1. The molecule has 9 heteroatoms. The molecule has 146 valence electrons. The number of sulfonamides is 1. The van der Waals surface area contributed by atoms with E-state index in [0.717, 1.165) is 4.47 Å². The van der Waals surface area contributed by atoms with E-state index >= 15 is 0 Å². The lowest BCUT2D eigenvalue weighted by Gasteiger charge is -2.14. The van der Waals surface area contributed by atoms with Gasteiger partial charge in [0.25, 0.3) is 10.0 Å². The smallest absolute Gasteiger partial charge is 0.263 e. The molecule has 6 nitrogen and oxygen atoms in total. The molecule has 0 spiro atoms. The molecule has 0 atom stereocenters. The topological polar surface area (TPSA) is 84.0 Å². The van der Waals surface area contributed by atoms with Crippen LogP contribution in [0.4, 0.5) is 21.7 Å². The van der Waals surface area contributed by atoms with Crippen LogP contribution in [0.3, 0.4) is 0 Å². The van der Waals surface area contributed by atoms with Crippen molar-refractivity contribution in [1.29, 1.82) is 0 Å². The largest absolute Gasteiger partial charge is 0.335 e. The molecule has 0 amide bonds. The van der Waals surface area contributed by atoms with Crippen LogP contribution in [-0.4, -0.2) is 18.4 Å². The minimum atomic E-state index is -3.93. The minimum absolute atomic E-state index is 0.0325. The summed E-state index contributed by atoms with van der Waals surface area (Å²) in [7, 11) is -3.93. The van der Waals surface area contributed by atoms with Gasteiger partial charge in [0.1, 0.15) is 5.82 Å². The Morgan fingerprint density at radius 1 is 0.793 bits per heavy atom. The van der Waals surface area contributed by atoms with Crippen LogP contribution in [0.1, 0.15) is 0 Å². The molecule has 4 rings (SSSR count). The average molecular weight is 473 g/mol. The number of para-hydroxylation sites is 3. The second-order valence-corrected chi connectivity index (χ2v) is 8.67. The molecule has 0 saturated heterocycles. The average Bonchev–Trinajstić information content (AvgIpc) is 2.70. The van der Waals surface area contributed by atoms with Gasteiger partial charge in [-0.2, -0.15) is 0 Å². The van der Waals surface area contributed by atoms with E-state index in [4.69, 9.17) is 0 Å². The Balaban J connectivity index is 1.79. The molecule has 4 aromatic rings. The molecule has 0 aliphatic rings. The normalized spacial score (nSPS) is 11.4. The molecule has 29 heavy (non-hydrogen) atoms. The monoisotopic (exact) mass is 472 g/mol. The molecule has 0 unspecified atom stereocenters. The van der Waals surface area contributed by atoms with Crippen LogP contribution < -0.4 is 10.0 Å².